The van der Waals surface area contributed by atoms with Crippen LogP contribution < -0.4 is 4.74 Å². The van der Waals surface area contributed by atoms with Crippen molar-refractivity contribution in [1.82, 2.24) is 4.98 Å². The van der Waals surface area contributed by atoms with E-state index in [9.17, 15) is 26.7 Å². The molecule has 1 N–H and O–H groups in total. The molecule has 0 aliphatic heterocycles. The molecule has 0 aliphatic rings. The molecule has 1 heterocycles. The van der Waals surface area contributed by atoms with Crippen molar-refractivity contribution >= 4 is 18.2 Å². The van der Waals surface area contributed by atoms with Gasteiger partial charge in [0.2, 0.25) is 0 Å². The van der Waals surface area contributed by atoms with Crippen LogP contribution in [-0.4, -0.2) is 46.3 Å². The molecule has 184 valence electrons. The molecule has 2 aromatic rings. The number of nitrogens with zero attached hydrogens (tertiary/aromatic N) is 1. The molecule has 0 saturated heterocycles. The Labute approximate surface area is 193 Å². The maximum atomic E-state index is 13.8. The zero-order chi connectivity index (χ0) is 25.2. The Morgan fingerprint density at radius 3 is 2.21 bits per heavy atom. The number of aromatic nitrogens is 1. The lowest BCUT2D eigenvalue weighted by atomic mass is 10.0. The second-order valence-electron chi connectivity index (χ2n) is 9.24. The fraction of sp³-hybridized carbons (Fsp3) is 0.500. The van der Waals surface area contributed by atoms with Gasteiger partial charge in [0.1, 0.15) is 18.1 Å². The lowest BCUT2D eigenvalue weighted by molar-refractivity contribution is -0.137. The van der Waals surface area contributed by atoms with Crippen molar-refractivity contribution in [2.45, 2.75) is 56.6 Å². The topological polar surface area (TPSA) is 85.7 Å². The third-order valence-electron chi connectivity index (χ3n) is 5.67. The van der Waals surface area contributed by atoms with Gasteiger partial charge in [-0.2, -0.15) is 13.2 Å². The fourth-order valence-corrected chi connectivity index (χ4v) is 4.42. The van der Waals surface area contributed by atoms with Crippen LogP contribution in [0.4, 0.5) is 13.2 Å². The Kier molecular flexibility index (Phi) is 8.05. The summed E-state index contributed by atoms with van der Waals surface area (Å²) in [6.45, 7) is 10.3. The van der Waals surface area contributed by atoms with Gasteiger partial charge in [-0.15, -0.1) is 0 Å². The first kappa shape index (κ1) is 27.3. The Morgan fingerprint density at radius 1 is 1.06 bits per heavy atom. The number of benzene rings is 1. The number of rotatable bonds is 8. The van der Waals surface area contributed by atoms with Gasteiger partial charge < -0.3 is 14.3 Å². The molecule has 0 unspecified atom stereocenters. The largest absolute Gasteiger partial charge is 0.489 e. The zero-order valence-corrected chi connectivity index (χ0v) is 21.4. The number of sulfone groups is 1. The van der Waals surface area contributed by atoms with Crippen LogP contribution in [0, 0.1) is 0 Å². The van der Waals surface area contributed by atoms with Crippen molar-refractivity contribution < 1.29 is 35.9 Å². The fourth-order valence-electron chi connectivity index (χ4n) is 2.74. The van der Waals surface area contributed by atoms with E-state index in [1.165, 1.54) is 12.1 Å². The first-order chi connectivity index (χ1) is 15.0. The number of alkyl halides is 3. The van der Waals surface area contributed by atoms with Crippen LogP contribution in [0.5, 0.6) is 5.75 Å². The Hall–Kier alpha value is -1.95. The lowest BCUT2D eigenvalue weighted by Gasteiger charge is -2.36. The summed E-state index contributed by atoms with van der Waals surface area (Å²) in [5, 5.41) is 9.43. The van der Waals surface area contributed by atoms with Gasteiger partial charge in [-0.3, -0.25) is 0 Å². The van der Waals surface area contributed by atoms with Crippen LogP contribution >= 0.6 is 0 Å². The van der Waals surface area contributed by atoms with Crippen molar-refractivity contribution in [2.75, 3.05) is 19.5 Å². The number of halogens is 3. The van der Waals surface area contributed by atoms with Crippen LogP contribution in [0.25, 0.3) is 11.3 Å². The van der Waals surface area contributed by atoms with E-state index in [0.29, 0.717) is 6.07 Å². The highest BCUT2D eigenvalue weighted by molar-refractivity contribution is 7.90. The van der Waals surface area contributed by atoms with Gasteiger partial charge in [0.15, 0.2) is 18.2 Å². The lowest BCUT2D eigenvalue weighted by Crippen LogP contribution is -2.41. The van der Waals surface area contributed by atoms with E-state index < -0.39 is 41.4 Å². The average molecular weight is 506 g/mol. The highest BCUT2D eigenvalue weighted by Gasteiger charge is 2.37. The van der Waals surface area contributed by atoms with Crippen molar-refractivity contribution in [3.05, 3.63) is 41.6 Å². The molecule has 33 heavy (non-hydrogen) atoms. The molecule has 0 atom stereocenters. The quantitative estimate of drug-likeness (QED) is 0.399. The Bertz CT molecular complexity index is 1100. The first-order valence-electron chi connectivity index (χ1n) is 10.3. The van der Waals surface area contributed by atoms with Crippen molar-refractivity contribution in [1.29, 1.82) is 0 Å². The standard InChI is InChI=1S/C22H30F3NO5SSi/c1-21(2,3)33(5,6)31-12-11-30-19-10-7-15(14-27)26-20(19)17-9-8-16(32(4,28)29)13-18(17)22(23,24)25/h7-10,13,27H,11-12,14H2,1-6H3. The summed E-state index contributed by atoms with van der Waals surface area (Å²) in [6.07, 6.45) is -4.00. The molecule has 11 heteroatoms. The maximum absolute atomic E-state index is 13.8. The maximum Gasteiger partial charge on any atom is 0.417 e. The van der Waals surface area contributed by atoms with Crippen molar-refractivity contribution in [3.63, 3.8) is 0 Å². The molecule has 6 nitrogen and oxygen atoms in total. The normalized spacial score (nSPS) is 13.3. The molecular weight excluding hydrogens is 475 g/mol. The predicted molar refractivity (Wildman–Crippen MR) is 122 cm³/mol. The summed E-state index contributed by atoms with van der Waals surface area (Å²) in [5.41, 5.74) is -1.49. The van der Waals surface area contributed by atoms with Crippen molar-refractivity contribution in [2.24, 2.45) is 0 Å². The highest BCUT2D eigenvalue weighted by atomic mass is 32.2. The van der Waals surface area contributed by atoms with E-state index in [-0.39, 0.29) is 41.0 Å². The SMILES string of the molecule is CC(C)(C)[Si](C)(C)OCCOc1ccc(CO)nc1-c1ccc(S(C)(=O)=O)cc1C(F)(F)F. The molecular formula is C22H30F3NO5SSi. The molecule has 2 rings (SSSR count). The van der Waals surface area contributed by atoms with Crippen LogP contribution in [0.1, 0.15) is 32.0 Å². The van der Waals surface area contributed by atoms with Gasteiger partial charge in [-0.1, -0.05) is 26.8 Å². The minimum atomic E-state index is -4.84. The Balaban J connectivity index is 2.45. The van der Waals surface area contributed by atoms with Gasteiger partial charge in [0, 0.05) is 11.8 Å². The number of aliphatic hydroxyl groups is 1. The Morgan fingerprint density at radius 2 is 1.70 bits per heavy atom. The monoisotopic (exact) mass is 505 g/mol. The zero-order valence-electron chi connectivity index (χ0n) is 19.6. The minimum absolute atomic E-state index is 0.00847. The molecule has 1 aromatic carbocycles. The van der Waals surface area contributed by atoms with Crippen LogP contribution in [0.15, 0.2) is 35.2 Å². The summed E-state index contributed by atoms with van der Waals surface area (Å²) in [6, 6.07) is 5.62. The number of aliphatic hydroxyl groups excluding tert-OH is 1. The molecule has 0 aliphatic carbocycles. The molecule has 0 amide bonds. The first-order valence-corrected chi connectivity index (χ1v) is 15.1. The molecule has 1 aromatic heterocycles. The van der Waals surface area contributed by atoms with E-state index >= 15 is 0 Å². The second kappa shape index (κ2) is 9.73. The van der Waals surface area contributed by atoms with E-state index in [0.717, 1.165) is 18.4 Å². The van der Waals surface area contributed by atoms with Gasteiger partial charge in [-0.25, -0.2) is 13.4 Å². The predicted octanol–water partition coefficient (Wildman–Crippen LogP) is 5.06. The smallest absolute Gasteiger partial charge is 0.417 e. The van der Waals surface area contributed by atoms with E-state index in [1.54, 1.807) is 0 Å². The summed E-state index contributed by atoms with van der Waals surface area (Å²) in [5.74, 6) is 0.0728. The van der Waals surface area contributed by atoms with E-state index in [4.69, 9.17) is 9.16 Å². The summed E-state index contributed by atoms with van der Waals surface area (Å²) in [4.78, 5) is 3.68. The van der Waals surface area contributed by atoms with Gasteiger partial charge in [0.05, 0.1) is 29.4 Å². The molecule has 0 saturated carbocycles. The third-order valence-corrected chi connectivity index (χ3v) is 11.3. The highest BCUT2D eigenvalue weighted by Crippen LogP contribution is 2.41. The van der Waals surface area contributed by atoms with Crippen LogP contribution in [-0.2, 0) is 27.0 Å². The van der Waals surface area contributed by atoms with Gasteiger partial charge in [0.25, 0.3) is 0 Å². The second-order valence-corrected chi connectivity index (χ2v) is 16.1. The number of hydrogen-bond acceptors (Lipinski definition) is 6. The minimum Gasteiger partial charge on any atom is -0.489 e. The third kappa shape index (κ3) is 6.78. The van der Waals surface area contributed by atoms with Gasteiger partial charge in [-0.05, 0) is 42.4 Å². The number of pyridine rings is 1. The van der Waals surface area contributed by atoms with E-state index in [1.807, 2.05) is 0 Å². The number of hydrogen-bond donors (Lipinski definition) is 1. The summed E-state index contributed by atoms with van der Waals surface area (Å²) >= 11 is 0. The summed E-state index contributed by atoms with van der Waals surface area (Å²) < 4.78 is 76.9. The van der Waals surface area contributed by atoms with Crippen LogP contribution in [0.2, 0.25) is 18.1 Å². The van der Waals surface area contributed by atoms with Crippen molar-refractivity contribution in [3.8, 4) is 17.0 Å². The molecule has 0 fully saturated rings. The van der Waals surface area contributed by atoms with E-state index in [2.05, 4.69) is 38.8 Å². The molecule has 0 bridgehead atoms. The summed E-state index contributed by atoms with van der Waals surface area (Å²) in [7, 11) is -5.88. The van der Waals surface area contributed by atoms with Crippen LogP contribution in [0.3, 0.4) is 0 Å². The van der Waals surface area contributed by atoms with Gasteiger partial charge >= 0.3 is 6.18 Å². The molecule has 0 radical (unpaired) electrons. The molecule has 0 spiro atoms. The number of ether oxygens (including phenoxy) is 1. The average Bonchev–Trinajstić information content (AvgIpc) is 2.68.